The molecule has 1 aliphatic rings. The highest BCUT2D eigenvalue weighted by Crippen LogP contribution is 2.40. The third-order valence-corrected chi connectivity index (χ3v) is 4.73. The Labute approximate surface area is 122 Å². The first-order valence-electron chi connectivity index (χ1n) is 7.36. The quantitative estimate of drug-likeness (QED) is 0.632. The van der Waals surface area contributed by atoms with E-state index in [1.165, 1.54) is 50.1 Å². The van der Waals surface area contributed by atoms with E-state index in [0.29, 0.717) is 0 Å². The van der Waals surface area contributed by atoms with Crippen molar-refractivity contribution < 1.29 is 0 Å². The first-order valence-corrected chi connectivity index (χ1v) is 7.36. The summed E-state index contributed by atoms with van der Waals surface area (Å²) in [5, 5.41) is 0. The summed E-state index contributed by atoms with van der Waals surface area (Å²) in [4.78, 5) is 0. The molecule has 20 heavy (non-hydrogen) atoms. The van der Waals surface area contributed by atoms with Gasteiger partial charge in [0, 0.05) is 0 Å². The second kappa shape index (κ2) is 4.63. The number of benzene rings is 2. The molecule has 2 aromatic carbocycles. The van der Waals surface area contributed by atoms with Crippen LogP contribution in [0.4, 0.5) is 0 Å². The summed E-state index contributed by atoms with van der Waals surface area (Å²) >= 11 is 0. The second-order valence-corrected chi connectivity index (χ2v) is 6.18. The van der Waals surface area contributed by atoms with Crippen molar-refractivity contribution in [2.75, 3.05) is 0 Å². The number of rotatable bonds is 1. The highest BCUT2D eigenvalue weighted by Gasteiger charge is 2.21. The first-order chi connectivity index (χ1) is 9.49. The van der Waals surface area contributed by atoms with Crippen LogP contribution in [0, 0.1) is 27.7 Å². The number of fused-ring (bicyclic) bond motifs is 1. The molecule has 3 rings (SSSR count). The van der Waals surface area contributed by atoms with Gasteiger partial charge in [0.2, 0.25) is 0 Å². The third kappa shape index (κ3) is 1.91. The highest BCUT2D eigenvalue weighted by atomic mass is 14.2. The van der Waals surface area contributed by atoms with E-state index in [-0.39, 0.29) is 0 Å². The maximum absolute atomic E-state index is 2.38. The average Bonchev–Trinajstić information content (AvgIpc) is 2.80. The molecule has 0 bridgehead atoms. The molecule has 102 valence electrons. The Bertz CT molecular complexity index is 713. The second-order valence-electron chi connectivity index (χ2n) is 6.18. The molecule has 0 aromatic heterocycles. The van der Waals surface area contributed by atoms with E-state index in [9.17, 15) is 0 Å². The van der Waals surface area contributed by atoms with E-state index in [2.05, 4.69) is 65.0 Å². The topological polar surface area (TPSA) is 0 Å². The van der Waals surface area contributed by atoms with Gasteiger partial charge in [0.1, 0.15) is 0 Å². The van der Waals surface area contributed by atoms with Crippen LogP contribution < -0.4 is 0 Å². The SMILES string of the molecule is CC1=Cc2c(c(C)c(C)c(C)c2-c2ccc(C)cc2)C1. The van der Waals surface area contributed by atoms with Gasteiger partial charge in [0.25, 0.3) is 0 Å². The van der Waals surface area contributed by atoms with Crippen molar-refractivity contribution in [3.8, 4) is 11.1 Å². The molecule has 0 unspecified atom stereocenters. The van der Waals surface area contributed by atoms with E-state index < -0.39 is 0 Å². The fourth-order valence-corrected chi connectivity index (χ4v) is 3.31. The molecule has 0 spiro atoms. The smallest absolute Gasteiger partial charge is 0.00576 e. The largest absolute Gasteiger partial charge is 0.0683 e. The molecule has 0 aliphatic heterocycles. The molecular weight excluding hydrogens is 240 g/mol. The minimum atomic E-state index is 1.11. The molecule has 0 heterocycles. The number of allylic oxidation sites excluding steroid dienone is 1. The summed E-state index contributed by atoms with van der Waals surface area (Å²) in [7, 11) is 0. The van der Waals surface area contributed by atoms with E-state index in [1.807, 2.05) is 0 Å². The Kier molecular flexibility index (Phi) is 3.05. The zero-order valence-electron chi connectivity index (χ0n) is 13.1. The van der Waals surface area contributed by atoms with Crippen molar-refractivity contribution in [3.63, 3.8) is 0 Å². The Morgan fingerprint density at radius 3 is 2.05 bits per heavy atom. The van der Waals surface area contributed by atoms with E-state index >= 15 is 0 Å². The van der Waals surface area contributed by atoms with Gasteiger partial charge in [-0.2, -0.15) is 0 Å². The fraction of sp³-hybridized carbons (Fsp3) is 0.300. The van der Waals surface area contributed by atoms with Crippen molar-refractivity contribution in [3.05, 3.63) is 63.2 Å². The van der Waals surface area contributed by atoms with E-state index in [4.69, 9.17) is 0 Å². The van der Waals surface area contributed by atoms with Gasteiger partial charge in [-0.05, 0) is 80.0 Å². The first kappa shape index (κ1) is 13.2. The van der Waals surface area contributed by atoms with E-state index in [0.717, 1.165) is 6.42 Å². The number of hydrogen-bond acceptors (Lipinski definition) is 0. The van der Waals surface area contributed by atoms with Crippen LogP contribution in [0.5, 0.6) is 0 Å². The Balaban J connectivity index is 2.33. The lowest BCUT2D eigenvalue weighted by Crippen LogP contribution is -2.00. The Morgan fingerprint density at radius 1 is 0.750 bits per heavy atom. The molecule has 0 fully saturated rings. The lowest BCUT2D eigenvalue weighted by Gasteiger charge is -2.18. The van der Waals surface area contributed by atoms with Crippen LogP contribution in [-0.2, 0) is 6.42 Å². The maximum Gasteiger partial charge on any atom is -0.00576 e. The van der Waals surface area contributed by atoms with Crippen molar-refractivity contribution in [1.29, 1.82) is 0 Å². The maximum atomic E-state index is 2.38. The summed E-state index contributed by atoms with van der Waals surface area (Å²) in [6.45, 7) is 11.2. The van der Waals surface area contributed by atoms with Crippen LogP contribution >= 0.6 is 0 Å². The molecule has 0 saturated heterocycles. The standard InChI is InChI=1S/C20H22/c1-12-6-8-17(9-7-12)20-16(5)14(3)15(4)18-10-13(2)11-19(18)20/h6-9,11H,10H2,1-5H3. The molecular formula is C20H22. The van der Waals surface area contributed by atoms with Crippen LogP contribution in [-0.4, -0.2) is 0 Å². The van der Waals surface area contributed by atoms with Crippen LogP contribution in [0.1, 0.15) is 40.3 Å². The molecule has 0 radical (unpaired) electrons. The third-order valence-electron chi connectivity index (χ3n) is 4.73. The van der Waals surface area contributed by atoms with E-state index in [1.54, 1.807) is 0 Å². The summed E-state index contributed by atoms with van der Waals surface area (Å²) in [6, 6.07) is 8.94. The molecule has 0 nitrogen and oxygen atoms in total. The lowest BCUT2D eigenvalue weighted by molar-refractivity contribution is 1.13. The van der Waals surface area contributed by atoms with Gasteiger partial charge in [-0.15, -0.1) is 0 Å². The van der Waals surface area contributed by atoms with Gasteiger partial charge < -0.3 is 0 Å². The van der Waals surface area contributed by atoms with Crippen molar-refractivity contribution in [2.24, 2.45) is 0 Å². The predicted octanol–water partition coefficient (Wildman–Crippen LogP) is 5.55. The van der Waals surface area contributed by atoms with Gasteiger partial charge in [-0.3, -0.25) is 0 Å². The number of hydrogen-bond donors (Lipinski definition) is 0. The zero-order chi connectivity index (χ0) is 14.4. The van der Waals surface area contributed by atoms with Crippen molar-refractivity contribution in [1.82, 2.24) is 0 Å². The average molecular weight is 262 g/mol. The van der Waals surface area contributed by atoms with Gasteiger partial charge in [0.05, 0.1) is 0 Å². The van der Waals surface area contributed by atoms with Crippen LogP contribution in [0.2, 0.25) is 0 Å². The van der Waals surface area contributed by atoms with Crippen molar-refractivity contribution in [2.45, 2.75) is 41.0 Å². The predicted molar refractivity (Wildman–Crippen MR) is 88.2 cm³/mol. The van der Waals surface area contributed by atoms with Gasteiger partial charge in [-0.25, -0.2) is 0 Å². The Morgan fingerprint density at radius 2 is 1.40 bits per heavy atom. The lowest BCUT2D eigenvalue weighted by atomic mass is 9.86. The highest BCUT2D eigenvalue weighted by molar-refractivity contribution is 5.85. The zero-order valence-corrected chi connectivity index (χ0v) is 13.1. The molecule has 0 atom stereocenters. The minimum absolute atomic E-state index is 1.11. The molecule has 0 heteroatoms. The summed E-state index contributed by atoms with van der Waals surface area (Å²) in [6.07, 6.45) is 3.49. The summed E-state index contributed by atoms with van der Waals surface area (Å²) < 4.78 is 0. The molecule has 0 N–H and O–H groups in total. The molecule has 0 saturated carbocycles. The van der Waals surface area contributed by atoms with Gasteiger partial charge >= 0.3 is 0 Å². The molecule has 1 aliphatic carbocycles. The fourth-order valence-electron chi connectivity index (χ4n) is 3.31. The van der Waals surface area contributed by atoms with Crippen LogP contribution in [0.25, 0.3) is 17.2 Å². The Hall–Kier alpha value is -1.82. The molecule has 2 aromatic rings. The number of aryl methyl sites for hydroxylation is 1. The van der Waals surface area contributed by atoms with Crippen LogP contribution in [0.3, 0.4) is 0 Å². The van der Waals surface area contributed by atoms with Gasteiger partial charge in [-0.1, -0.05) is 41.5 Å². The normalized spacial score (nSPS) is 13.3. The monoisotopic (exact) mass is 262 g/mol. The van der Waals surface area contributed by atoms with Crippen molar-refractivity contribution >= 4 is 6.08 Å². The van der Waals surface area contributed by atoms with Crippen LogP contribution in [0.15, 0.2) is 29.8 Å². The summed E-state index contributed by atoms with van der Waals surface area (Å²) in [5.41, 5.74) is 12.9. The summed E-state index contributed by atoms with van der Waals surface area (Å²) in [5.74, 6) is 0. The molecule has 0 amide bonds. The minimum Gasteiger partial charge on any atom is -0.0683 e. The van der Waals surface area contributed by atoms with Gasteiger partial charge in [0.15, 0.2) is 0 Å².